The minimum absolute atomic E-state index is 0. The largest absolute Gasteiger partial charge is 0.492 e. The van der Waals surface area contributed by atoms with E-state index in [1.54, 1.807) is 0 Å². The fraction of sp³-hybridized carbons (Fsp3) is 0.533. The molecule has 2 atom stereocenters. The third-order valence-corrected chi connectivity index (χ3v) is 3.36. The lowest BCUT2D eigenvalue weighted by Crippen LogP contribution is -2.30. The molecular formula is C15H23ClN2O3. The predicted molar refractivity (Wildman–Crippen MR) is 85.2 cm³/mol. The molecule has 1 aromatic rings. The Morgan fingerprint density at radius 1 is 1.48 bits per heavy atom. The standard InChI is InChI=1S/C15H22N2O3.ClH/c1-3-19-14-8-10(2)4-6-12(14)17-15(18)13-7-5-11(9-16)20-13;/h4,6,8,11,13H,3,5,7,9,16H2,1-2H3,(H,17,18);1H/t11-,13+;/m1./s1. The van der Waals surface area contributed by atoms with Crippen LogP contribution in [0.4, 0.5) is 5.69 Å². The van der Waals surface area contributed by atoms with Gasteiger partial charge >= 0.3 is 0 Å². The molecule has 6 heteroatoms. The van der Waals surface area contributed by atoms with Crippen molar-refractivity contribution in [3.63, 3.8) is 0 Å². The van der Waals surface area contributed by atoms with Gasteiger partial charge in [-0.2, -0.15) is 0 Å². The van der Waals surface area contributed by atoms with Crippen molar-refractivity contribution in [2.75, 3.05) is 18.5 Å². The van der Waals surface area contributed by atoms with Gasteiger partial charge in [0.15, 0.2) is 0 Å². The van der Waals surface area contributed by atoms with Gasteiger partial charge in [-0.25, -0.2) is 0 Å². The average molecular weight is 315 g/mol. The number of halogens is 1. The van der Waals surface area contributed by atoms with Crippen molar-refractivity contribution in [1.82, 2.24) is 0 Å². The first-order chi connectivity index (χ1) is 9.63. The van der Waals surface area contributed by atoms with E-state index in [1.165, 1.54) is 0 Å². The van der Waals surface area contributed by atoms with Crippen molar-refractivity contribution < 1.29 is 14.3 Å². The fourth-order valence-corrected chi connectivity index (χ4v) is 2.29. The van der Waals surface area contributed by atoms with Gasteiger partial charge in [0, 0.05) is 6.54 Å². The third kappa shape index (κ3) is 4.59. The molecule has 0 spiro atoms. The van der Waals surface area contributed by atoms with Gasteiger partial charge in [0.05, 0.1) is 18.4 Å². The van der Waals surface area contributed by atoms with Gasteiger partial charge in [-0.3, -0.25) is 4.79 Å². The van der Waals surface area contributed by atoms with Crippen LogP contribution in [-0.2, 0) is 9.53 Å². The Morgan fingerprint density at radius 2 is 2.24 bits per heavy atom. The molecule has 3 N–H and O–H groups in total. The Labute approximate surface area is 131 Å². The summed E-state index contributed by atoms with van der Waals surface area (Å²) in [5.41, 5.74) is 7.32. The van der Waals surface area contributed by atoms with Crippen molar-refractivity contribution >= 4 is 24.0 Å². The summed E-state index contributed by atoms with van der Waals surface area (Å²) in [5, 5.41) is 2.88. The Balaban J connectivity index is 0.00000220. The quantitative estimate of drug-likeness (QED) is 0.874. The maximum Gasteiger partial charge on any atom is 0.253 e. The highest BCUT2D eigenvalue weighted by Gasteiger charge is 2.30. The molecule has 0 saturated carbocycles. The van der Waals surface area contributed by atoms with Crippen LogP contribution < -0.4 is 15.8 Å². The Morgan fingerprint density at radius 3 is 2.86 bits per heavy atom. The van der Waals surface area contributed by atoms with Crippen LogP contribution in [0.2, 0.25) is 0 Å². The summed E-state index contributed by atoms with van der Waals surface area (Å²) in [6, 6.07) is 5.71. The number of benzene rings is 1. The minimum atomic E-state index is -0.417. The maximum absolute atomic E-state index is 12.2. The van der Waals surface area contributed by atoms with E-state index in [4.69, 9.17) is 15.2 Å². The number of hydrogen-bond acceptors (Lipinski definition) is 4. The molecule has 5 nitrogen and oxygen atoms in total. The zero-order valence-corrected chi connectivity index (χ0v) is 13.2. The van der Waals surface area contributed by atoms with Gasteiger partial charge in [0.25, 0.3) is 5.91 Å². The fourth-order valence-electron chi connectivity index (χ4n) is 2.29. The van der Waals surface area contributed by atoms with Crippen molar-refractivity contribution in [3.05, 3.63) is 23.8 Å². The average Bonchev–Trinajstić information content (AvgIpc) is 2.91. The maximum atomic E-state index is 12.2. The number of hydrogen-bond donors (Lipinski definition) is 2. The topological polar surface area (TPSA) is 73.6 Å². The number of anilines is 1. The number of nitrogens with one attached hydrogen (secondary N) is 1. The summed E-state index contributed by atoms with van der Waals surface area (Å²) >= 11 is 0. The normalized spacial score (nSPS) is 20.7. The van der Waals surface area contributed by atoms with Crippen molar-refractivity contribution in [1.29, 1.82) is 0 Å². The molecule has 1 fully saturated rings. The molecule has 1 heterocycles. The zero-order valence-electron chi connectivity index (χ0n) is 12.4. The Kier molecular flexibility index (Phi) is 6.95. The monoisotopic (exact) mass is 314 g/mol. The number of rotatable bonds is 5. The van der Waals surface area contributed by atoms with Crippen LogP contribution in [0.1, 0.15) is 25.3 Å². The van der Waals surface area contributed by atoms with Crippen LogP contribution >= 0.6 is 12.4 Å². The second kappa shape index (κ2) is 8.22. The van der Waals surface area contributed by atoms with Crippen molar-refractivity contribution in [2.24, 2.45) is 5.73 Å². The molecule has 21 heavy (non-hydrogen) atoms. The van der Waals surface area contributed by atoms with Crippen molar-refractivity contribution in [3.8, 4) is 5.75 Å². The molecule has 1 aliphatic heterocycles. The minimum Gasteiger partial charge on any atom is -0.492 e. The number of carbonyl (C=O) groups excluding carboxylic acids is 1. The first-order valence-corrected chi connectivity index (χ1v) is 7.04. The summed E-state index contributed by atoms with van der Waals surface area (Å²) in [4.78, 5) is 12.2. The molecule has 0 aliphatic carbocycles. The molecule has 2 rings (SSSR count). The highest BCUT2D eigenvalue weighted by atomic mass is 35.5. The molecule has 0 bridgehead atoms. The Bertz CT molecular complexity index is 482. The molecule has 1 amide bonds. The van der Waals surface area contributed by atoms with E-state index in [0.29, 0.717) is 31.0 Å². The van der Waals surface area contributed by atoms with E-state index in [0.717, 1.165) is 12.0 Å². The van der Waals surface area contributed by atoms with E-state index in [9.17, 15) is 4.79 Å². The van der Waals surface area contributed by atoms with E-state index in [-0.39, 0.29) is 24.4 Å². The van der Waals surface area contributed by atoms with E-state index in [1.807, 2.05) is 32.0 Å². The molecule has 1 saturated heterocycles. The second-order valence-corrected chi connectivity index (χ2v) is 4.98. The van der Waals surface area contributed by atoms with Gasteiger partial charge < -0.3 is 20.5 Å². The lowest BCUT2D eigenvalue weighted by atomic mass is 10.1. The van der Waals surface area contributed by atoms with Gasteiger partial charge in [-0.05, 0) is 44.4 Å². The zero-order chi connectivity index (χ0) is 14.5. The summed E-state index contributed by atoms with van der Waals surface area (Å²) in [6.07, 6.45) is 1.12. The van der Waals surface area contributed by atoms with Gasteiger partial charge in [-0.1, -0.05) is 6.07 Å². The predicted octanol–water partition coefficient (Wildman–Crippen LogP) is 2.26. The molecule has 1 aliphatic rings. The number of carbonyl (C=O) groups is 1. The first-order valence-electron chi connectivity index (χ1n) is 7.04. The Hall–Kier alpha value is -1.30. The first kappa shape index (κ1) is 17.8. The smallest absolute Gasteiger partial charge is 0.253 e. The van der Waals surface area contributed by atoms with E-state index in [2.05, 4.69) is 5.32 Å². The molecule has 118 valence electrons. The van der Waals surface area contributed by atoms with Crippen LogP contribution in [0.25, 0.3) is 0 Å². The molecule has 0 aromatic heterocycles. The number of nitrogens with two attached hydrogens (primary N) is 1. The molecule has 0 radical (unpaired) electrons. The summed E-state index contributed by atoms with van der Waals surface area (Å²) < 4.78 is 11.1. The van der Waals surface area contributed by atoms with Crippen LogP contribution in [0, 0.1) is 6.92 Å². The van der Waals surface area contributed by atoms with Crippen LogP contribution in [0.5, 0.6) is 5.75 Å². The number of aryl methyl sites for hydroxylation is 1. The lowest BCUT2D eigenvalue weighted by molar-refractivity contribution is -0.126. The van der Waals surface area contributed by atoms with Gasteiger partial charge in [0.2, 0.25) is 0 Å². The van der Waals surface area contributed by atoms with Gasteiger partial charge in [-0.15, -0.1) is 12.4 Å². The van der Waals surface area contributed by atoms with E-state index >= 15 is 0 Å². The third-order valence-electron chi connectivity index (χ3n) is 3.36. The van der Waals surface area contributed by atoms with Crippen LogP contribution in [0.3, 0.4) is 0 Å². The molecule has 1 aromatic carbocycles. The van der Waals surface area contributed by atoms with Gasteiger partial charge in [0.1, 0.15) is 11.9 Å². The second-order valence-electron chi connectivity index (χ2n) is 4.98. The molecule has 0 unspecified atom stereocenters. The van der Waals surface area contributed by atoms with Crippen LogP contribution in [-0.4, -0.2) is 31.3 Å². The molecular weight excluding hydrogens is 292 g/mol. The summed E-state index contributed by atoms with van der Waals surface area (Å²) in [5.74, 6) is 0.556. The lowest BCUT2D eigenvalue weighted by Gasteiger charge is -2.15. The van der Waals surface area contributed by atoms with Crippen LogP contribution in [0.15, 0.2) is 18.2 Å². The number of ether oxygens (including phenoxy) is 2. The number of amides is 1. The highest BCUT2D eigenvalue weighted by Crippen LogP contribution is 2.27. The summed E-state index contributed by atoms with van der Waals surface area (Å²) in [7, 11) is 0. The highest BCUT2D eigenvalue weighted by molar-refractivity contribution is 5.95. The summed E-state index contributed by atoms with van der Waals surface area (Å²) in [6.45, 7) is 4.92. The van der Waals surface area contributed by atoms with E-state index < -0.39 is 6.10 Å². The van der Waals surface area contributed by atoms with Crippen molar-refractivity contribution in [2.45, 2.75) is 38.9 Å². The SMILES string of the molecule is CCOc1cc(C)ccc1NC(=O)[C@@H]1CC[C@H](CN)O1.Cl.